The Morgan fingerprint density at radius 1 is 1.16 bits per heavy atom. The fourth-order valence-corrected chi connectivity index (χ4v) is 2.65. The van der Waals surface area contributed by atoms with Crippen LogP contribution in [0.3, 0.4) is 0 Å². The first-order chi connectivity index (χ1) is 12.1. The van der Waals surface area contributed by atoms with Gasteiger partial charge in [-0.1, -0.05) is 30.3 Å². The van der Waals surface area contributed by atoms with E-state index in [9.17, 15) is 4.79 Å². The standard InChI is InChI=1S/C18H22N4O3/c1-14-12-17(20-15(2)19-14)22-9-8-21(10-11-25-22)18(23)24-13-16-6-4-3-5-7-16/h3-7,12H,8-11,13H2,1-2H3. The Bertz CT molecular complexity index is 703. The highest BCUT2D eigenvalue weighted by Crippen LogP contribution is 2.15. The van der Waals surface area contributed by atoms with Crippen molar-refractivity contribution in [3.05, 3.63) is 53.5 Å². The number of anilines is 1. The molecule has 1 fully saturated rings. The molecule has 0 N–H and O–H groups in total. The van der Waals surface area contributed by atoms with Crippen LogP contribution >= 0.6 is 0 Å². The van der Waals surface area contributed by atoms with Gasteiger partial charge >= 0.3 is 6.09 Å². The smallest absolute Gasteiger partial charge is 0.410 e. The normalized spacial score (nSPS) is 15.0. The number of benzene rings is 1. The molecule has 2 heterocycles. The molecule has 1 amide bonds. The van der Waals surface area contributed by atoms with Crippen LogP contribution in [0.15, 0.2) is 36.4 Å². The van der Waals surface area contributed by atoms with Crippen molar-refractivity contribution in [2.75, 3.05) is 31.3 Å². The number of aromatic nitrogens is 2. The number of rotatable bonds is 3. The Morgan fingerprint density at radius 3 is 2.72 bits per heavy atom. The highest BCUT2D eigenvalue weighted by molar-refractivity contribution is 5.67. The Labute approximate surface area is 147 Å². The number of ether oxygens (including phenoxy) is 1. The third-order valence-corrected chi connectivity index (χ3v) is 3.85. The fraction of sp³-hybridized carbons (Fsp3) is 0.389. The third kappa shape index (κ3) is 4.67. The van der Waals surface area contributed by atoms with E-state index in [1.54, 1.807) is 9.96 Å². The van der Waals surface area contributed by atoms with Crippen molar-refractivity contribution in [2.45, 2.75) is 20.5 Å². The lowest BCUT2D eigenvalue weighted by Gasteiger charge is -2.21. The van der Waals surface area contributed by atoms with Crippen LogP contribution < -0.4 is 5.06 Å². The summed E-state index contributed by atoms with van der Waals surface area (Å²) in [5.74, 6) is 1.41. The van der Waals surface area contributed by atoms with Crippen LogP contribution in [0, 0.1) is 13.8 Å². The van der Waals surface area contributed by atoms with Gasteiger partial charge in [-0.3, -0.25) is 4.84 Å². The highest BCUT2D eigenvalue weighted by atomic mass is 16.7. The summed E-state index contributed by atoms with van der Waals surface area (Å²) in [6.45, 7) is 5.94. The average molecular weight is 342 g/mol. The molecule has 0 radical (unpaired) electrons. The van der Waals surface area contributed by atoms with Crippen molar-refractivity contribution in [3.8, 4) is 0 Å². The lowest BCUT2D eigenvalue weighted by molar-refractivity contribution is 0.0876. The molecular weight excluding hydrogens is 320 g/mol. The van der Waals surface area contributed by atoms with Crippen molar-refractivity contribution < 1.29 is 14.4 Å². The molecule has 0 spiro atoms. The second kappa shape index (κ2) is 7.94. The van der Waals surface area contributed by atoms with Gasteiger partial charge in [-0.25, -0.2) is 19.8 Å². The molecule has 132 valence electrons. The van der Waals surface area contributed by atoms with Gasteiger partial charge in [0.2, 0.25) is 0 Å². The van der Waals surface area contributed by atoms with Crippen LogP contribution in [0.25, 0.3) is 0 Å². The number of nitrogens with zero attached hydrogens (tertiary/aromatic N) is 4. The zero-order chi connectivity index (χ0) is 17.6. The van der Waals surface area contributed by atoms with Crippen LogP contribution in [0.1, 0.15) is 17.1 Å². The van der Waals surface area contributed by atoms with Crippen LogP contribution in [0.5, 0.6) is 0 Å². The summed E-state index contributed by atoms with van der Waals surface area (Å²) in [6, 6.07) is 11.5. The van der Waals surface area contributed by atoms with E-state index in [1.165, 1.54) is 0 Å². The van der Waals surface area contributed by atoms with E-state index in [2.05, 4.69) is 9.97 Å². The Hall–Kier alpha value is -2.67. The summed E-state index contributed by atoms with van der Waals surface area (Å²) in [5.41, 5.74) is 1.85. The molecule has 1 aromatic carbocycles. The summed E-state index contributed by atoms with van der Waals surface area (Å²) in [5, 5.41) is 1.71. The van der Waals surface area contributed by atoms with Gasteiger partial charge < -0.3 is 9.64 Å². The van der Waals surface area contributed by atoms with E-state index in [0.29, 0.717) is 37.9 Å². The number of hydrogen-bond acceptors (Lipinski definition) is 6. The Kier molecular flexibility index (Phi) is 5.45. The van der Waals surface area contributed by atoms with E-state index in [0.717, 1.165) is 11.3 Å². The van der Waals surface area contributed by atoms with E-state index in [1.807, 2.05) is 50.2 Å². The van der Waals surface area contributed by atoms with Crippen molar-refractivity contribution in [3.63, 3.8) is 0 Å². The van der Waals surface area contributed by atoms with E-state index in [-0.39, 0.29) is 12.7 Å². The molecule has 1 aliphatic heterocycles. The lowest BCUT2D eigenvalue weighted by atomic mass is 10.2. The topological polar surface area (TPSA) is 67.8 Å². The molecule has 0 atom stereocenters. The first kappa shape index (κ1) is 17.2. The molecule has 0 bridgehead atoms. The summed E-state index contributed by atoms with van der Waals surface area (Å²) >= 11 is 0. The van der Waals surface area contributed by atoms with Gasteiger partial charge in [0.05, 0.1) is 19.7 Å². The number of carbonyl (C=O) groups is 1. The Morgan fingerprint density at radius 2 is 1.96 bits per heavy atom. The minimum Gasteiger partial charge on any atom is -0.445 e. The predicted molar refractivity (Wildman–Crippen MR) is 93.0 cm³/mol. The zero-order valence-electron chi connectivity index (χ0n) is 14.5. The molecule has 0 unspecified atom stereocenters. The number of amides is 1. The summed E-state index contributed by atoms with van der Waals surface area (Å²) in [6.07, 6.45) is -0.329. The molecule has 2 aromatic rings. The first-order valence-corrected chi connectivity index (χ1v) is 8.30. The maximum Gasteiger partial charge on any atom is 0.410 e. The summed E-state index contributed by atoms with van der Waals surface area (Å²) in [4.78, 5) is 28.3. The second-order valence-corrected chi connectivity index (χ2v) is 5.88. The summed E-state index contributed by atoms with van der Waals surface area (Å²) in [7, 11) is 0. The molecule has 0 aliphatic carbocycles. The van der Waals surface area contributed by atoms with E-state index >= 15 is 0 Å². The first-order valence-electron chi connectivity index (χ1n) is 8.30. The van der Waals surface area contributed by atoms with Crippen LogP contribution in [0.4, 0.5) is 10.6 Å². The summed E-state index contributed by atoms with van der Waals surface area (Å²) < 4.78 is 5.39. The van der Waals surface area contributed by atoms with Crippen LogP contribution in [-0.2, 0) is 16.2 Å². The number of hydrogen-bond donors (Lipinski definition) is 0. The lowest BCUT2D eigenvalue weighted by Crippen LogP contribution is -2.36. The van der Waals surface area contributed by atoms with Gasteiger partial charge in [0.1, 0.15) is 12.4 Å². The average Bonchev–Trinajstić information content (AvgIpc) is 2.86. The molecule has 7 nitrogen and oxygen atoms in total. The van der Waals surface area contributed by atoms with Gasteiger partial charge in [-0.05, 0) is 19.4 Å². The fourth-order valence-electron chi connectivity index (χ4n) is 2.65. The number of aryl methyl sites for hydroxylation is 2. The maximum absolute atomic E-state index is 12.3. The van der Waals surface area contributed by atoms with Crippen LogP contribution in [-0.4, -0.2) is 47.2 Å². The molecule has 25 heavy (non-hydrogen) atoms. The SMILES string of the molecule is Cc1cc(N2CCN(C(=O)OCc3ccccc3)CCO2)nc(C)n1. The highest BCUT2D eigenvalue weighted by Gasteiger charge is 2.22. The second-order valence-electron chi connectivity index (χ2n) is 5.88. The minimum absolute atomic E-state index is 0.269. The number of hydroxylamine groups is 1. The van der Waals surface area contributed by atoms with Crippen molar-refractivity contribution >= 4 is 11.9 Å². The number of carbonyl (C=O) groups excluding carboxylic acids is 1. The quantitative estimate of drug-likeness (QED) is 0.854. The van der Waals surface area contributed by atoms with Crippen molar-refractivity contribution in [1.29, 1.82) is 0 Å². The monoisotopic (exact) mass is 342 g/mol. The van der Waals surface area contributed by atoms with Crippen molar-refractivity contribution in [2.24, 2.45) is 0 Å². The van der Waals surface area contributed by atoms with Gasteiger partial charge in [0, 0.05) is 18.3 Å². The molecule has 0 saturated carbocycles. The van der Waals surface area contributed by atoms with Gasteiger partial charge in [0.25, 0.3) is 0 Å². The molecule has 3 rings (SSSR count). The predicted octanol–water partition coefficient (Wildman–Crippen LogP) is 2.48. The van der Waals surface area contributed by atoms with Crippen LogP contribution in [0.2, 0.25) is 0 Å². The van der Waals surface area contributed by atoms with E-state index in [4.69, 9.17) is 9.57 Å². The van der Waals surface area contributed by atoms with Gasteiger partial charge in [-0.15, -0.1) is 0 Å². The largest absolute Gasteiger partial charge is 0.445 e. The molecule has 1 saturated heterocycles. The Balaban J connectivity index is 1.56. The maximum atomic E-state index is 12.3. The minimum atomic E-state index is -0.329. The third-order valence-electron chi connectivity index (χ3n) is 3.85. The molecule has 1 aromatic heterocycles. The van der Waals surface area contributed by atoms with Crippen molar-refractivity contribution in [1.82, 2.24) is 14.9 Å². The zero-order valence-corrected chi connectivity index (χ0v) is 14.5. The van der Waals surface area contributed by atoms with E-state index < -0.39 is 0 Å². The molecule has 7 heteroatoms. The molecular formula is C18H22N4O3. The van der Waals surface area contributed by atoms with Gasteiger partial charge in [0.15, 0.2) is 5.82 Å². The molecule has 1 aliphatic rings. The van der Waals surface area contributed by atoms with Gasteiger partial charge in [-0.2, -0.15) is 0 Å².